The molecule has 17 heavy (non-hydrogen) atoms. The van der Waals surface area contributed by atoms with Crippen LogP contribution in [-0.4, -0.2) is 20.6 Å². The molecule has 2 aromatic rings. The van der Waals surface area contributed by atoms with Crippen molar-refractivity contribution in [3.05, 3.63) is 36.3 Å². The third-order valence-electron chi connectivity index (χ3n) is 2.43. The number of carboxylic acid groups (broad SMARTS) is 1. The standard InChI is InChI=1S/C10H10N2O3S2/c1-5-6(2)17-10(15)12(5)3-7-4-16-8(11-7)9(13)14/h4H,3H2,1-2H3,(H,13,14). The van der Waals surface area contributed by atoms with Gasteiger partial charge in [0.15, 0.2) is 0 Å². The summed E-state index contributed by atoms with van der Waals surface area (Å²) in [5, 5.41) is 10.5. The van der Waals surface area contributed by atoms with E-state index in [2.05, 4.69) is 4.98 Å². The molecule has 5 nitrogen and oxygen atoms in total. The molecule has 0 saturated heterocycles. The fraction of sp³-hybridized carbons (Fsp3) is 0.300. The minimum Gasteiger partial charge on any atom is -0.476 e. The lowest BCUT2D eigenvalue weighted by molar-refractivity contribution is 0.0696. The number of hydrogen-bond donors (Lipinski definition) is 1. The van der Waals surface area contributed by atoms with Crippen LogP contribution in [0, 0.1) is 13.8 Å². The number of aromatic nitrogens is 2. The van der Waals surface area contributed by atoms with E-state index in [0.29, 0.717) is 12.2 Å². The lowest BCUT2D eigenvalue weighted by Gasteiger charge is -2.01. The van der Waals surface area contributed by atoms with Crippen LogP contribution in [0.25, 0.3) is 0 Å². The molecule has 0 aliphatic carbocycles. The monoisotopic (exact) mass is 270 g/mol. The Hall–Kier alpha value is -1.47. The summed E-state index contributed by atoms with van der Waals surface area (Å²) >= 11 is 2.27. The van der Waals surface area contributed by atoms with Crippen molar-refractivity contribution in [3.63, 3.8) is 0 Å². The molecule has 2 heterocycles. The molecule has 2 aromatic heterocycles. The Bertz CT molecular complexity index is 624. The van der Waals surface area contributed by atoms with Crippen LogP contribution in [-0.2, 0) is 6.54 Å². The molecule has 0 amide bonds. The molecule has 0 aromatic carbocycles. The minimum atomic E-state index is -1.04. The Morgan fingerprint density at radius 2 is 2.24 bits per heavy atom. The van der Waals surface area contributed by atoms with Gasteiger partial charge in [-0.25, -0.2) is 9.78 Å². The highest BCUT2D eigenvalue weighted by Crippen LogP contribution is 2.14. The summed E-state index contributed by atoms with van der Waals surface area (Å²) in [6.45, 7) is 4.10. The third-order valence-corrected chi connectivity index (χ3v) is 4.31. The predicted octanol–water partition coefficient (Wildman–Crippen LogP) is 1.73. The molecular weight excluding hydrogens is 260 g/mol. The van der Waals surface area contributed by atoms with Crippen molar-refractivity contribution in [3.8, 4) is 0 Å². The van der Waals surface area contributed by atoms with E-state index in [1.807, 2.05) is 13.8 Å². The molecule has 0 fully saturated rings. The smallest absolute Gasteiger partial charge is 0.365 e. The molecule has 0 bridgehead atoms. The molecule has 0 saturated carbocycles. The number of hydrogen-bond acceptors (Lipinski definition) is 5. The summed E-state index contributed by atoms with van der Waals surface area (Å²) in [6.07, 6.45) is 0. The van der Waals surface area contributed by atoms with Gasteiger partial charge in [-0.05, 0) is 13.8 Å². The number of nitrogens with zero attached hydrogens (tertiary/aromatic N) is 2. The van der Waals surface area contributed by atoms with Crippen LogP contribution in [0.3, 0.4) is 0 Å². The predicted molar refractivity (Wildman–Crippen MR) is 66.2 cm³/mol. The van der Waals surface area contributed by atoms with Crippen molar-refractivity contribution in [2.75, 3.05) is 0 Å². The van der Waals surface area contributed by atoms with E-state index >= 15 is 0 Å². The Kier molecular flexibility index (Phi) is 3.12. The van der Waals surface area contributed by atoms with Crippen molar-refractivity contribution in [2.24, 2.45) is 0 Å². The fourth-order valence-corrected chi connectivity index (χ4v) is 2.89. The summed E-state index contributed by atoms with van der Waals surface area (Å²) in [5.41, 5.74) is 1.51. The van der Waals surface area contributed by atoms with E-state index < -0.39 is 5.97 Å². The zero-order valence-electron chi connectivity index (χ0n) is 9.26. The van der Waals surface area contributed by atoms with E-state index in [1.54, 1.807) is 9.95 Å². The molecular formula is C10H10N2O3S2. The van der Waals surface area contributed by atoms with Gasteiger partial charge in [0.2, 0.25) is 5.01 Å². The van der Waals surface area contributed by atoms with Crippen molar-refractivity contribution >= 4 is 28.6 Å². The first-order chi connectivity index (χ1) is 7.99. The quantitative estimate of drug-likeness (QED) is 0.922. The van der Waals surface area contributed by atoms with E-state index in [0.717, 1.165) is 21.9 Å². The van der Waals surface area contributed by atoms with Crippen LogP contribution in [0.1, 0.15) is 26.1 Å². The van der Waals surface area contributed by atoms with Crippen LogP contribution >= 0.6 is 22.7 Å². The largest absolute Gasteiger partial charge is 0.476 e. The van der Waals surface area contributed by atoms with Gasteiger partial charge in [-0.15, -0.1) is 11.3 Å². The minimum absolute atomic E-state index is 0.0372. The van der Waals surface area contributed by atoms with Crippen LogP contribution in [0.5, 0.6) is 0 Å². The highest BCUT2D eigenvalue weighted by molar-refractivity contribution is 7.11. The first-order valence-corrected chi connectivity index (χ1v) is 6.53. The molecule has 0 spiro atoms. The van der Waals surface area contributed by atoms with Gasteiger partial charge in [0, 0.05) is 16.0 Å². The number of carbonyl (C=O) groups is 1. The van der Waals surface area contributed by atoms with Crippen LogP contribution in [0.4, 0.5) is 0 Å². The SMILES string of the molecule is Cc1sc(=O)n(Cc2csc(C(=O)O)n2)c1C. The molecule has 0 aliphatic rings. The van der Waals surface area contributed by atoms with Crippen LogP contribution in [0.2, 0.25) is 0 Å². The van der Waals surface area contributed by atoms with Crippen molar-refractivity contribution in [1.29, 1.82) is 0 Å². The van der Waals surface area contributed by atoms with Gasteiger partial charge in [-0.3, -0.25) is 9.36 Å². The molecule has 90 valence electrons. The van der Waals surface area contributed by atoms with Gasteiger partial charge in [-0.2, -0.15) is 0 Å². The fourth-order valence-electron chi connectivity index (χ4n) is 1.41. The van der Waals surface area contributed by atoms with Crippen molar-refractivity contribution in [1.82, 2.24) is 9.55 Å². The molecule has 0 aliphatic heterocycles. The zero-order valence-corrected chi connectivity index (χ0v) is 10.9. The summed E-state index contributed by atoms with van der Waals surface area (Å²) < 4.78 is 1.61. The van der Waals surface area contributed by atoms with Crippen molar-refractivity contribution in [2.45, 2.75) is 20.4 Å². The molecule has 0 unspecified atom stereocenters. The number of carboxylic acids is 1. The second-order valence-corrected chi connectivity index (χ2v) is 5.57. The molecule has 0 radical (unpaired) electrons. The van der Waals surface area contributed by atoms with E-state index in [-0.39, 0.29) is 9.88 Å². The van der Waals surface area contributed by atoms with Crippen LogP contribution < -0.4 is 4.87 Å². The zero-order chi connectivity index (χ0) is 12.6. The Morgan fingerprint density at radius 3 is 2.71 bits per heavy atom. The van der Waals surface area contributed by atoms with Gasteiger partial charge < -0.3 is 5.11 Å². The lowest BCUT2D eigenvalue weighted by Crippen LogP contribution is -2.15. The maximum Gasteiger partial charge on any atom is 0.365 e. The lowest BCUT2D eigenvalue weighted by atomic mass is 10.4. The first-order valence-electron chi connectivity index (χ1n) is 4.83. The summed E-state index contributed by atoms with van der Waals surface area (Å²) in [4.78, 5) is 27.2. The maximum atomic E-state index is 11.6. The average molecular weight is 270 g/mol. The number of aromatic carboxylic acids is 1. The topological polar surface area (TPSA) is 72.2 Å². The summed E-state index contributed by atoms with van der Waals surface area (Å²) in [6, 6.07) is 0. The molecule has 1 N–H and O–H groups in total. The van der Waals surface area contributed by atoms with Gasteiger partial charge in [0.05, 0.1) is 12.2 Å². The van der Waals surface area contributed by atoms with Gasteiger partial charge >= 0.3 is 10.8 Å². The van der Waals surface area contributed by atoms with Gasteiger partial charge in [-0.1, -0.05) is 11.3 Å². The van der Waals surface area contributed by atoms with Crippen LogP contribution in [0.15, 0.2) is 10.2 Å². The van der Waals surface area contributed by atoms with Gasteiger partial charge in [0.1, 0.15) is 0 Å². The molecule has 2 rings (SSSR count). The van der Waals surface area contributed by atoms with E-state index in [4.69, 9.17) is 5.11 Å². The van der Waals surface area contributed by atoms with Crippen molar-refractivity contribution < 1.29 is 9.90 Å². The number of aryl methyl sites for hydroxylation is 1. The highest BCUT2D eigenvalue weighted by atomic mass is 32.1. The van der Waals surface area contributed by atoms with E-state index in [9.17, 15) is 9.59 Å². The Morgan fingerprint density at radius 1 is 1.53 bits per heavy atom. The average Bonchev–Trinajstić information content (AvgIpc) is 2.80. The Labute approximate surface area is 105 Å². The summed E-state index contributed by atoms with van der Waals surface area (Å²) in [5.74, 6) is -1.04. The normalized spacial score (nSPS) is 10.7. The number of thiazole rings is 2. The summed E-state index contributed by atoms with van der Waals surface area (Å²) in [7, 11) is 0. The second-order valence-electron chi connectivity index (χ2n) is 3.54. The van der Waals surface area contributed by atoms with E-state index in [1.165, 1.54) is 11.3 Å². The second kappa shape index (κ2) is 4.42. The first kappa shape index (κ1) is 12.0. The number of rotatable bonds is 3. The molecule has 7 heteroatoms. The Balaban J connectivity index is 2.31. The maximum absolute atomic E-state index is 11.6. The highest BCUT2D eigenvalue weighted by Gasteiger charge is 2.12. The van der Waals surface area contributed by atoms with Gasteiger partial charge in [0.25, 0.3) is 0 Å². The third kappa shape index (κ3) is 2.29. The molecule has 0 atom stereocenters.